The smallest absolute Gasteiger partial charge is 0.273 e. The fourth-order valence-corrected chi connectivity index (χ4v) is 4.25. The van der Waals surface area contributed by atoms with Crippen molar-refractivity contribution in [1.29, 1.82) is 0 Å². The molecule has 0 unspecified atom stereocenters. The van der Waals surface area contributed by atoms with Crippen molar-refractivity contribution in [2.45, 2.75) is 44.3 Å². The van der Waals surface area contributed by atoms with Crippen LogP contribution in [-0.2, 0) is 11.2 Å². The van der Waals surface area contributed by atoms with Gasteiger partial charge in [-0.05, 0) is 42.2 Å². The second-order valence-corrected chi connectivity index (χ2v) is 7.95. The third kappa shape index (κ3) is 3.53. The van der Waals surface area contributed by atoms with Crippen molar-refractivity contribution in [1.82, 2.24) is 4.90 Å². The van der Waals surface area contributed by atoms with E-state index in [1.165, 1.54) is 4.90 Å². The third-order valence-corrected chi connectivity index (χ3v) is 5.97. The number of hydrogen-bond acceptors (Lipinski definition) is 2. The van der Waals surface area contributed by atoms with Crippen LogP contribution in [0.5, 0.6) is 0 Å². The summed E-state index contributed by atoms with van der Waals surface area (Å²) in [6.45, 7) is 0.361. The van der Waals surface area contributed by atoms with Gasteiger partial charge in [-0.3, -0.25) is 4.79 Å². The number of rotatable bonds is 5. The predicted molar refractivity (Wildman–Crippen MR) is 99.3 cm³/mol. The zero-order valence-corrected chi connectivity index (χ0v) is 15.3. The van der Waals surface area contributed by atoms with Crippen LogP contribution in [0.3, 0.4) is 0 Å². The number of aliphatic hydroxyl groups excluding tert-OH is 1. The topological polar surface area (TPSA) is 40.5 Å². The Kier molecular flexibility index (Phi) is 4.91. The number of hydrogen-bond donors (Lipinski definition) is 1. The maximum absolute atomic E-state index is 15.2. The lowest BCUT2D eigenvalue weighted by Crippen LogP contribution is -2.45. The van der Waals surface area contributed by atoms with Crippen LogP contribution in [-0.4, -0.2) is 41.0 Å². The van der Waals surface area contributed by atoms with Gasteiger partial charge in [0.1, 0.15) is 5.82 Å². The number of aliphatic hydroxyl groups is 1. The van der Waals surface area contributed by atoms with Gasteiger partial charge in [0.2, 0.25) is 0 Å². The van der Waals surface area contributed by atoms with Crippen molar-refractivity contribution in [3.63, 3.8) is 0 Å². The van der Waals surface area contributed by atoms with E-state index in [0.29, 0.717) is 24.1 Å². The molecule has 2 aromatic carbocycles. The minimum absolute atomic E-state index is 0.0459. The van der Waals surface area contributed by atoms with Gasteiger partial charge >= 0.3 is 0 Å². The fourth-order valence-electron chi connectivity index (χ4n) is 4.25. The standard InChI is InChI=1S/C22H22F3NO2/c23-18-15(7-4-8-17(18)14-5-2-1-3-6-14)11-16-12-22(9-10-22)13-26(16)21(28)19(27)20(24)25/h1-8,16,19-20,27H,9-13H2/t16-,19-/m0/s1. The van der Waals surface area contributed by atoms with Crippen molar-refractivity contribution < 1.29 is 23.1 Å². The summed E-state index contributed by atoms with van der Waals surface area (Å²) in [5.74, 6) is -1.31. The van der Waals surface area contributed by atoms with E-state index >= 15 is 4.39 Å². The summed E-state index contributed by atoms with van der Waals surface area (Å²) in [5.41, 5.74) is 1.64. The van der Waals surface area contributed by atoms with Gasteiger partial charge in [0.15, 0.2) is 6.10 Å². The highest BCUT2D eigenvalue weighted by molar-refractivity contribution is 5.82. The zero-order chi connectivity index (χ0) is 19.9. The zero-order valence-electron chi connectivity index (χ0n) is 15.3. The molecule has 1 saturated heterocycles. The molecule has 6 heteroatoms. The highest BCUT2D eigenvalue weighted by Gasteiger charge is 2.54. The molecular weight excluding hydrogens is 367 g/mol. The molecule has 1 heterocycles. The van der Waals surface area contributed by atoms with Gasteiger partial charge in [0.25, 0.3) is 12.3 Å². The quantitative estimate of drug-likeness (QED) is 0.839. The van der Waals surface area contributed by atoms with E-state index < -0.39 is 18.4 Å². The maximum atomic E-state index is 15.2. The van der Waals surface area contributed by atoms with E-state index in [-0.39, 0.29) is 23.7 Å². The lowest BCUT2D eigenvalue weighted by molar-refractivity contribution is -0.149. The third-order valence-electron chi connectivity index (χ3n) is 5.97. The fraction of sp³-hybridized carbons (Fsp3) is 0.409. The van der Waals surface area contributed by atoms with Gasteiger partial charge in [0.05, 0.1) is 0 Å². The van der Waals surface area contributed by atoms with Crippen LogP contribution in [0.2, 0.25) is 0 Å². The van der Waals surface area contributed by atoms with E-state index in [4.69, 9.17) is 0 Å². The Hall–Kier alpha value is -2.34. The number of halogens is 3. The van der Waals surface area contributed by atoms with Gasteiger partial charge in [-0.1, -0.05) is 48.5 Å². The molecule has 2 aliphatic rings. The summed E-state index contributed by atoms with van der Waals surface area (Å²) >= 11 is 0. The second-order valence-electron chi connectivity index (χ2n) is 7.95. The molecule has 1 saturated carbocycles. The molecule has 28 heavy (non-hydrogen) atoms. The summed E-state index contributed by atoms with van der Waals surface area (Å²) in [7, 11) is 0. The number of amides is 1. The summed E-state index contributed by atoms with van der Waals surface area (Å²) in [5, 5.41) is 9.56. The molecule has 2 aromatic rings. The van der Waals surface area contributed by atoms with Crippen LogP contribution in [0.1, 0.15) is 24.8 Å². The Morgan fingerprint density at radius 1 is 1.14 bits per heavy atom. The Labute approximate surface area is 161 Å². The Balaban J connectivity index is 1.60. The summed E-state index contributed by atoms with van der Waals surface area (Å²) in [4.78, 5) is 13.7. The molecule has 4 rings (SSSR count). The second kappa shape index (κ2) is 7.24. The van der Waals surface area contributed by atoms with Crippen molar-refractivity contribution in [2.24, 2.45) is 5.41 Å². The normalized spacial score (nSPS) is 21.3. The number of carbonyl (C=O) groups excluding carboxylic acids is 1. The van der Waals surface area contributed by atoms with E-state index in [0.717, 1.165) is 18.4 Å². The van der Waals surface area contributed by atoms with E-state index in [1.54, 1.807) is 18.2 Å². The van der Waals surface area contributed by atoms with Gasteiger partial charge < -0.3 is 10.0 Å². The van der Waals surface area contributed by atoms with Crippen LogP contribution in [0, 0.1) is 11.2 Å². The molecule has 2 fully saturated rings. The Bertz CT molecular complexity index is 867. The molecule has 2 atom stereocenters. The number of alkyl halides is 2. The van der Waals surface area contributed by atoms with E-state index in [1.807, 2.05) is 30.3 Å². The monoisotopic (exact) mass is 389 g/mol. The average Bonchev–Trinajstić information content (AvgIpc) is 3.35. The summed E-state index contributed by atoms with van der Waals surface area (Å²) in [6.07, 6.45) is -2.67. The van der Waals surface area contributed by atoms with Gasteiger partial charge in [0, 0.05) is 18.2 Å². The first kappa shape index (κ1) is 19.0. The number of benzene rings is 2. The van der Waals surface area contributed by atoms with Crippen molar-refractivity contribution in [3.05, 3.63) is 59.9 Å². The van der Waals surface area contributed by atoms with Crippen LogP contribution < -0.4 is 0 Å². The molecular formula is C22H22F3NO2. The first-order valence-electron chi connectivity index (χ1n) is 9.50. The van der Waals surface area contributed by atoms with E-state index in [2.05, 4.69) is 0 Å². The van der Waals surface area contributed by atoms with Crippen molar-refractivity contribution >= 4 is 5.91 Å². The molecule has 1 aliphatic heterocycles. The largest absolute Gasteiger partial charge is 0.378 e. The molecule has 148 valence electrons. The lowest BCUT2D eigenvalue weighted by Gasteiger charge is -2.27. The SMILES string of the molecule is O=C([C@@H](O)C(F)F)N1CC2(CC2)C[C@@H]1Cc1cccc(-c2ccccc2)c1F. The molecule has 1 spiro atoms. The highest BCUT2D eigenvalue weighted by Crippen LogP contribution is 2.55. The number of nitrogens with zero attached hydrogens (tertiary/aromatic N) is 1. The molecule has 1 N–H and O–H groups in total. The summed E-state index contributed by atoms with van der Waals surface area (Å²) < 4.78 is 40.8. The van der Waals surface area contributed by atoms with Crippen molar-refractivity contribution in [2.75, 3.05) is 6.54 Å². The highest BCUT2D eigenvalue weighted by atomic mass is 19.3. The molecule has 3 nitrogen and oxygen atoms in total. The molecule has 1 amide bonds. The first-order valence-corrected chi connectivity index (χ1v) is 9.50. The molecule has 0 aromatic heterocycles. The van der Waals surface area contributed by atoms with E-state index in [9.17, 15) is 18.7 Å². The summed E-state index contributed by atoms with van der Waals surface area (Å²) in [6, 6.07) is 13.9. The Morgan fingerprint density at radius 2 is 1.86 bits per heavy atom. The minimum Gasteiger partial charge on any atom is -0.378 e. The van der Waals surface area contributed by atoms with Gasteiger partial charge in [-0.15, -0.1) is 0 Å². The van der Waals surface area contributed by atoms with Crippen LogP contribution in [0.4, 0.5) is 13.2 Å². The van der Waals surface area contributed by atoms with Crippen LogP contribution in [0.25, 0.3) is 11.1 Å². The Morgan fingerprint density at radius 3 is 2.50 bits per heavy atom. The van der Waals surface area contributed by atoms with Crippen LogP contribution >= 0.6 is 0 Å². The maximum Gasteiger partial charge on any atom is 0.273 e. The number of likely N-dealkylation sites (tertiary alicyclic amines) is 1. The molecule has 1 aliphatic carbocycles. The minimum atomic E-state index is -3.12. The number of carbonyl (C=O) groups is 1. The predicted octanol–water partition coefficient (Wildman–Crippen LogP) is 4.04. The first-order chi connectivity index (χ1) is 13.4. The van der Waals surface area contributed by atoms with Crippen LogP contribution in [0.15, 0.2) is 48.5 Å². The van der Waals surface area contributed by atoms with Gasteiger partial charge in [-0.2, -0.15) is 0 Å². The lowest BCUT2D eigenvalue weighted by atomic mass is 9.95. The van der Waals surface area contributed by atoms with Crippen molar-refractivity contribution in [3.8, 4) is 11.1 Å². The van der Waals surface area contributed by atoms with Gasteiger partial charge in [-0.25, -0.2) is 13.2 Å². The molecule has 0 bridgehead atoms. The molecule has 0 radical (unpaired) electrons. The average molecular weight is 389 g/mol.